The summed E-state index contributed by atoms with van der Waals surface area (Å²) in [5.74, 6) is 2.01. The number of rotatable bonds is 7. The quantitative estimate of drug-likeness (QED) is 0.350. The molecule has 1 aliphatic rings. The summed E-state index contributed by atoms with van der Waals surface area (Å²) in [7, 11) is 0. The van der Waals surface area contributed by atoms with Crippen molar-refractivity contribution in [2.45, 2.75) is 99.8 Å². The van der Waals surface area contributed by atoms with Crippen molar-refractivity contribution in [3.05, 3.63) is 108 Å². The number of benzene rings is 2. The first-order valence-electron chi connectivity index (χ1n) is 13.5. The Balaban J connectivity index is 0.000000467. The molecular formula is C35H54. The molecule has 0 radical (unpaired) electrons. The summed E-state index contributed by atoms with van der Waals surface area (Å²) in [4.78, 5) is 0. The lowest BCUT2D eigenvalue weighted by Crippen LogP contribution is -1.94. The van der Waals surface area contributed by atoms with Crippen LogP contribution in [0, 0.1) is 18.8 Å². The maximum absolute atomic E-state index is 3.94. The molecule has 0 bridgehead atoms. The Hall–Kier alpha value is -2.34. The summed E-state index contributed by atoms with van der Waals surface area (Å²) in [6.45, 7) is 26.3. The fourth-order valence-electron chi connectivity index (χ4n) is 3.99. The molecule has 2 aromatic carbocycles. The van der Waals surface area contributed by atoms with Gasteiger partial charge in [0, 0.05) is 0 Å². The van der Waals surface area contributed by atoms with E-state index >= 15 is 0 Å². The molecule has 0 aliphatic heterocycles. The number of allylic oxidation sites excluding steroid dienone is 3. The largest absolute Gasteiger partial charge is 0.100 e. The van der Waals surface area contributed by atoms with Crippen LogP contribution in [-0.2, 0) is 12.8 Å². The molecule has 194 valence electrons. The SMILES string of the molecule is C=C(C)C.C=C(C)CC[C@H]1CCC(C)C1.C=C(C)CCc1ccccc1C.CCc1ccccc1. The summed E-state index contributed by atoms with van der Waals surface area (Å²) >= 11 is 0. The molecule has 3 rings (SSSR count). The van der Waals surface area contributed by atoms with Gasteiger partial charge in [-0.2, -0.15) is 0 Å². The summed E-state index contributed by atoms with van der Waals surface area (Å²) in [6.07, 6.45) is 10.4. The zero-order valence-corrected chi connectivity index (χ0v) is 24.1. The van der Waals surface area contributed by atoms with Crippen LogP contribution in [0.2, 0.25) is 0 Å². The maximum Gasteiger partial charge on any atom is -0.0239 e. The molecule has 1 fully saturated rings. The third kappa shape index (κ3) is 19.6. The fourth-order valence-corrected chi connectivity index (χ4v) is 3.99. The second-order valence-corrected chi connectivity index (χ2v) is 10.7. The van der Waals surface area contributed by atoms with Crippen molar-refractivity contribution in [1.29, 1.82) is 0 Å². The van der Waals surface area contributed by atoms with E-state index in [9.17, 15) is 0 Å². The highest BCUT2D eigenvalue weighted by atomic mass is 14.3. The van der Waals surface area contributed by atoms with Crippen LogP contribution in [0.3, 0.4) is 0 Å². The zero-order chi connectivity index (χ0) is 26.6. The topological polar surface area (TPSA) is 0 Å². The van der Waals surface area contributed by atoms with Gasteiger partial charge in [-0.15, -0.1) is 19.7 Å². The van der Waals surface area contributed by atoms with Gasteiger partial charge in [-0.25, -0.2) is 0 Å². The van der Waals surface area contributed by atoms with Crippen LogP contribution < -0.4 is 0 Å². The lowest BCUT2D eigenvalue weighted by atomic mass is 9.98. The van der Waals surface area contributed by atoms with Crippen LogP contribution in [0.15, 0.2) is 91.1 Å². The van der Waals surface area contributed by atoms with Crippen LogP contribution in [0.4, 0.5) is 0 Å². The minimum absolute atomic E-state index is 0.991. The van der Waals surface area contributed by atoms with Gasteiger partial charge < -0.3 is 0 Å². The summed E-state index contributed by atoms with van der Waals surface area (Å²) < 4.78 is 0. The monoisotopic (exact) mass is 474 g/mol. The Kier molecular flexibility index (Phi) is 18.6. The highest BCUT2D eigenvalue weighted by Gasteiger charge is 2.20. The second-order valence-electron chi connectivity index (χ2n) is 10.7. The van der Waals surface area contributed by atoms with E-state index in [4.69, 9.17) is 0 Å². The van der Waals surface area contributed by atoms with Gasteiger partial charge in [0.05, 0.1) is 0 Å². The predicted octanol–water partition coefficient (Wildman–Crippen LogP) is 11.1. The molecule has 0 N–H and O–H groups in total. The minimum atomic E-state index is 0.991. The van der Waals surface area contributed by atoms with Crippen molar-refractivity contribution in [1.82, 2.24) is 0 Å². The molecule has 0 aromatic heterocycles. The van der Waals surface area contributed by atoms with E-state index in [1.807, 2.05) is 19.9 Å². The smallest absolute Gasteiger partial charge is 0.0239 e. The Bertz CT molecular complexity index is 835. The maximum atomic E-state index is 3.94. The van der Waals surface area contributed by atoms with Gasteiger partial charge in [-0.05, 0) is 102 Å². The lowest BCUT2D eigenvalue weighted by molar-refractivity contribution is 0.479. The standard InChI is InChI=1S/C12H16.C11H20.C8H10.C4H8/c1-10(2)8-9-12-7-5-4-6-11(12)3;1-9(2)4-6-11-7-5-10(3)8-11;1-2-8-6-4-3-5-7-8;1-4(2)3/h4-7H,1,8-9H2,2-3H3;10-11H,1,4-8H2,2-3H3;3-7H,2H2,1H3;1H2,2-3H3/t;10?,11-;;/m.0../s1. The normalized spacial score (nSPS) is 15.9. The summed E-state index contributed by atoms with van der Waals surface area (Å²) in [6, 6.07) is 19.0. The van der Waals surface area contributed by atoms with E-state index in [0.717, 1.165) is 31.1 Å². The molecule has 1 aliphatic carbocycles. The summed E-state index contributed by atoms with van der Waals surface area (Å²) in [5.41, 5.74) is 8.02. The lowest BCUT2D eigenvalue weighted by Gasteiger charge is -2.08. The highest BCUT2D eigenvalue weighted by molar-refractivity contribution is 5.26. The van der Waals surface area contributed by atoms with Gasteiger partial charge >= 0.3 is 0 Å². The number of aryl methyl sites for hydroxylation is 3. The Morgan fingerprint density at radius 3 is 1.77 bits per heavy atom. The van der Waals surface area contributed by atoms with Gasteiger partial charge in [0.2, 0.25) is 0 Å². The molecule has 0 nitrogen and oxygen atoms in total. The average Bonchev–Trinajstić information content (AvgIpc) is 3.23. The van der Waals surface area contributed by atoms with Crippen LogP contribution in [0.25, 0.3) is 0 Å². The molecule has 2 atom stereocenters. The van der Waals surface area contributed by atoms with Crippen LogP contribution in [0.5, 0.6) is 0 Å². The van der Waals surface area contributed by atoms with Crippen molar-refractivity contribution < 1.29 is 0 Å². The molecule has 0 spiro atoms. The molecule has 0 heterocycles. The first kappa shape index (κ1) is 32.7. The molecule has 0 amide bonds. The van der Waals surface area contributed by atoms with Gasteiger partial charge in [-0.1, -0.05) is 98.0 Å². The van der Waals surface area contributed by atoms with Crippen molar-refractivity contribution in [3.63, 3.8) is 0 Å². The van der Waals surface area contributed by atoms with E-state index < -0.39 is 0 Å². The molecular weight excluding hydrogens is 420 g/mol. The van der Waals surface area contributed by atoms with Gasteiger partial charge in [0.25, 0.3) is 0 Å². The van der Waals surface area contributed by atoms with E-state index in [2.05, 4.69) is 103 Å². The molecule has 0 heteroatoms. The second kappa shape index (κ2) is 19.9. The van der Waals surface area contributed by atoms with Crippen molar-refractivity contribution in [2.24, 2.45) is 11.8 Å². The van der Waals surface area contributed by atoms with E-state index in [-0.39, 0.29) is 0 Å². The van der Waals surface area contributed by atoms with Crippen LogP contribution >= 0.6 is 0 Å². The highest BCUT2D eigenvalue weighted by Crippen LogP contribution is 2.33. The third-order valence-electron chi connectivity index (χ3n) is 6.12. The van der Waals surface area contributed by atoms with E-state index in [1.165, 1.54) is 65.5 Å². The average molecular weight is 475 g/mol. The number of hydrogen-bond donors (Lipinski definition) is 0. The van der Waals surface area contributed by atoms with E-state index in [0.29, 0.717) is 0 Å². The van der Waals surface area contributed by atoms with E-state index in [1.54, 1.807) is 0 Å². The molecule has 1 unspecified atom stereocenters. The predicted molar refractivity (Wildman–Crippen MR) is 161 cm³/mol. The first-order valence-corrected chi connectivity index (χ1v) is 13.5. The van der Waals surface area contributed by atoms with Crippen molar-refractivity contribution >= 4 is 0 Å². The van der Waals surface area contributed by atoms with Crippen LogP contribution in [0.1, 0.15) is 96.8 Å². The van der Waals surface area contributed by atoms with Crippen molar-refractivity contribution in [3.8, 4) is 0 Å². The Morgan fingerprint density at radius 1 is 0.800 bits per heavy atom. The zero-order valence-electron chi connectivity index (χ0n) is 24.1. The molecule has 1 saturated carbocycles. The fraction of sp³-hybridized carbons (Fsp3) is 0.486. The van der Waals surface area contributed by atoms with Gasteiger partial charge in [0.15, 0.2) is 0 Å². The molecule has 2 aromatic rings. The van der Waals surface area contributed by atoms with Crippen LogP contribution in [-0.4, -0.2) is 0 Å². The van der Waals surface area contributed by atoms with Gasteiger partial charge in [-0.3, -0.25) is 0 Å². The minimum Gasteiger partial charge on any atom is -0.100 e. The first-order chi connectivity index (χ1) is 16.5. The summed E-state index contributed by atoms with van der Waals surface area (Å²) in [5, 5.41) is 0. The Labute approximate surface area is 219 Å². The molecule has 35 heavy (non-hydrogen) atoms. The van der Waals surface area contributed by atoms with Crippen molar-refractivity contribution in [2.75, 3.05) is 0 Å². The Morgan fingerprint density at radius 2 is 1.34 bits per heavy atom. The van der Waals surface area contributed by atoms with Gasteiger partial charge in [0.1, 0.15) is 0 Å². The number of hydrogen-bond acceptors (Lipinski definition) is 0. The molecule has 0 saturated heterocycles. The third-order valence-corrected chi connectivity index (χ3v) is 6.12.